The Kier molecular flexibility index (Phi) is 26.5. The van der Waals surface area contributed by atoms with Crippen LogP contribution in [-0.2, 0) is 15.1 Å². The van der Waals surface area contributed by atoms with Gasteiger partial charge in [0.2, 0.25) is 10.6 Å². The standard InChI is InChI=1S/C17H16FN5O2.C17H18FN5O.C11H9ClFN3.C6H6FN.C6H8N2O2.C5H4Cl2N2/c1-3-25-16(24)14-8-9-23(22-14)17-19-11(2)10-15(21-17)20-13-6-4-12(18)5-7-13;1-11-10-15(20-13-6-4-12(18)5-7-13)21-16(19-11)23-9-8-14(22-23)17(2,3)24;1-7-6-10(16-11(12)14-7)15-9-4-2-8(13)3-5-9;7-5-1-3-6(8)4-2-5;1-2-10-6(9)5-3-4-7-8-5;1-3-2-4(6)9-5(7)8-3/h4-10H,3H2,1-2H3,(H,19,20,21);4-10,24H,1-3H3,(H,19,20,21);2-6H,1H3,(H,14,15,16);1-4H,8H2;3-4H,2H2,1H3,(H,7,8);2H,1H3. The summed E-state index contributed by atoms with van der Waals surface area (Å²) in [6, 6.07) is 35.4. The van der Waals surface area contributed by atoms with E-state index in [2.05, 4.69) is 81.0 Å². The quantitative estimate of drug-likeness (QED) is 0.0205. The van der Waals surface area contributed by atoms with E-state index in [0.29, 0.717) is 69.6 Å². The molecule has 7 aromatic heterocycles. The number of nitrogens with two attached hydrogens (primary N) is 1. The van der Waals surface area contributed by atoms with Crippen LogP contribution >= 0.6 is 34.8 Å². The Bertz CT molecular complexity index is 4040. The smallest absolute Gasteiger partial charge is 0.358 e. The minimum absolute atomic E-state index is 0.181. The minimum atomic E-state index is -1.04. The fourth-order valence-electron chi connectivity index (χ4n) is 7.13. The maximum absolute atomic E-state index is 13.0. The van der Waals surface area contributed by atoms with Crippen LogP contribution in [0.3, 0.4) is 0 Å². The molecule has 4 aromatic carbocycles. The Morgan fingerprint density at radius 3 is 1.33 bits per heavy atom. The molecule has 0 fully saturated rings. The molecule has 11 rings (SSSR count). The first-order valence-corrected chi connectivity index (χ1v) is 28.6. The van der Waals surface area contributed by atoms with Gasteiger partial charge in [0.15, 0.2) is 5.69 Å². The molecule has 478 valence electrons. The molecule has 30 heteroatoms. The Labute approximate surface area is 540 Å². The van der Waals surface area contributed by atoms with Gasteiger partial charge in [0.05, 0.1) is 18.9 Å². The fourth-order valence-corrected chi connectivity index (χ4v) is 7.86. The van der Waals surface area contributed by atoms with E-state index >= 15 is 0 Å². The molecule has 92 heavy (non-hydrogen) atoms. The molecule has 0 radical (unpaired) electrons. The first kappa shape index (κ1) is 70.6. The average Bonchev–Trinajstić information content (AvgIpc) is 1.65. The van der Waals surface area contributed by atoms with Crippen molar-refractivity contribution in [1.82, 2.24) is 69.6 Å². The predicted molar refractivity (Wildman–Crippen MR) is 342 cm³/mol. The second kappa shape index (κ2) is 34.5. The number of nitrogen functional groups attached to an aromatic ring is 1. The van der Waals surface area contributed by atoms with Crippen molar-refractivity contribution >= 4 is 86.9 Å². The SMILES string of the molecule is CCOC(=O)c1ccn(-c2nc(C)cc(Nc3ccc(F)cc3)n2)n1.CCOC(=O)c1ccn[nH]1.Cc1cc(Cl)nc(Cl)n1.Cc1cc(Nc2ccc(F)cc2)nc(-n2ccc(C(C)(C)O)n2)n1.Cc1cc(Nc2ccc(F)cc2)nc(Cl)n1.Nc1ccc(F)cc1. The number of carbonyl (C=O) groups excluding carboxylic acids is 2. The normalized spacial score (nSPS) is 10.4. The third kappa shape index (κ3) is 24.1. The molecule has 0 unspecified atom stereocenters. The molecule has 0 aliphatic rings. The molecule has 23 nitrogen and oxygen atoms in total. The van der Waals surface area contributed by atoms with E-state index in [1.807, 2.05) is 20.8 Å². The van der Waals surface area contributed by atoms with Gasteiger partial charge >= 0.3 is 11.9 Å². The van der Waals surface area contributed by atoms with Crippen LogP contribution < -0.4 is 21.7 Å². The van der Waals surface area contributed by atoms with Crippen LogP contribution in [0.25, 0.3) is 11.9 Å². The highest BCUT2D eigenvalue weighted by molar-refractivity contribution is 6.31. The second-order valence-corrected chi connectivity index (χ2v) is 20.4. The lowest BCUT2D eigenvalue weighted by Gasteiger charge is -2.13. The molecule has 0 spiro atoms. The topological polar surface area (TPSA) is 302 Å². The summed E-state index contributed by atoms with van der Waals surface area (Å²) in [5, 5.41) is 34.5. The van der Waals surface area contributed by atoms with Gasteiger partial charge in [-0.05, 0) is 200 Å². The molecule has 11 aromatic rings. The van der Waals surface area contributed by atoms with E-state index < -0.39 is 11.6 Å². The van der Waals surface area contributed by atoms with Crippen molar-refractivity contribution in [3.05, 3.63) is 237 Å². The summed E-state index contributed by atoms with van der Waals surface area (Å²) < 4.78 is 63.2. The van der Waals surface area contributed by atoms with Gasteiger partial charge in [-0.2, -0.15) is 25.3 Å². The maximum atomic E-state index is 13.0. The van der Waals surface area contributed by atoms with Gasteiger partial charge in [-0.1, -0.05) is 11.6 Å². The molecular weight excluding hydrogens is 1260 g/mol. The number of anilines is 7. The summed E-state index contributed by atoms with van der Waals surface area (Å²) >= 11 is 16.7. The van der Waals surface area contributed by atoms with Gasteiger partial charge in [0.1, 0.15) is 57.2 Å². The van der Waals surface area contributed by atoms with E-state index in [1.165, 1.54) is 82.3 Å². The Balaban J connectivity index is 0.000000185. The lowest BCUT2D eigenvalue weighted by molar-refractivity contribution is 0.0509. The first-order chi connectivity index (χ1) is 43.8. The molecule has 0 aliphatic carbocycles. The largest absolute Gasteiger partial charge is 0.461 e. The van der Waals surface area contributed by atoms with Gasteiger partial charge in [0, 0.05) is 82.3 Å². The van der Waals surface area contributed by atoms with E-state index in [9.17, 15) is 32.3 Å². The molecule has 0 amide bonds. The number of halogens is 7. The van der Waals surface area contributed by atoms with Crippen molar-refractivity contribution in [3.8, 4) is 11.9 Å². The number of carbonyl (C=O) groups is 2. The van der Waals surface area contributed by atoms with Crippen LogP contribution in [-0.4, -0.2) is 99.9 Å². The zero-order valence-corrected chi connectivity index (χ0v) is 52.8. The van der Waals surface area contributed by atoms with Gasteiger partial charge in [-0.15, -0.1) is 0 Å². The van der Waals surface area contributed by atoms with Crippen LogP contribution in [0.5, 0.6) is 0 Å². The number of H-pyrrole nitrogens is 1. The van der Waals surface area contributed by atoms with Crippen molar-refractivity contribution in [2.24, 2.45) is 0 Å². The zero-order chi connectivity index (χ0) is 66.9. The number of aromatic amines is 1. The van der Waals surface area contributed by atoms with Crippen LogP contribution in [0.4, 0.5) is 57.8 Å². The fraction of sp³-hybridized carbons (Fsp3) is 0.177. The molecule has 0 saturated heterocycles. The monoisotopic (exact) mass is 1320 g/mol. The summed E-state index contributed by atoms with van der Waals surface area (Å²) in [7, 11) is 0. The van der Waals surface area contributed by atoms with Gasteiger partial charge in [-0.25, -0.2) is 66.4 Å². The Morgan fingerprint density at radius 1 is 0.533 bits per heavy atom. The number of benzene rings is 4. The lowest BCUT2D eigenvalue weighted by atomic mass is 10.1. The van der Waals surface area contributed by atoms with Gasteiger partial charge < -0.3 is 36.3 Å². The highest BCUT2D eigenvalue weighted by atomic mass is 35.5. The number of hydrogen-bond donors (Lipinski definition) is 6. The van der Waals surface area contributed by atoms with Crippen molar-refractivity contribution in [3.63, 3.8) is 0 Å². The van der Waals surface area contributed by atoms with E-state index in [1.54, 1.807) is 120 Å². The Hall–Kier alpha value is -10.5. The minimum Gasteiger partial charge on any atom is -0.461 e. The van der Waals surface area contributed by atoms with Crippen molar-refractivity contribution in [2.45, 2.75) is 61.0 Å². The second-order valence-electron chi connectivity index (χ2n) is 19.4. The summed E-state index contributed by atoms with van der Waals surface area (Å²) in [6.07, 6.45) is 4.79. The highest BCUT2D eigenvalue weighted by Crippen LogP contribution is 2.22. The van der Waals surface area contributed by atoms with E-state index in [-0.39, 0.29) is 52.1 Å². The summed E-state index contributed by atoms with van der Waals surface area (Å²) in [6.45, 7) is 14.8. The number of rotatable bonds is 13. The number of aryl methyl sites for hydroxylation is 4. The number of nitrogens with zero attached hydrogens (tertiary/aromatic N) is 13. The third-order valence-electron chi connectivity index (χ3n) is 11.2. The maximum Gasteiger partial charge on any atom is 0.358 e. The van der Waals surface area contributed by atoms with E-state index in [0.717, 1.165) is 28.5 Å². The summed E-state index contributed by atoms with van der Waals surface area (Å²) in [5.41, 5.74) is 11.1. The number of esters is 2. The molecule has 0 bridgehead atoms. The lowest BCUT2D eigenvalue weighted by Crippen LogP contribution is -2.17. The summed E-state index contributed by atoms with van der Waals surface area (Å²) in [4.78, 5) is 55.4. The molecule has 0 aliphatic heterocycles. The summed E-state index contributed by atoms with van der Waals surface area (Å²) in [5.74, 6) is 0.384. The zero-order valence-electron chi connectivity index (χ0n) is 50.5. The molecule has 7 N–H and O–H groups in total. The number of hydrogen-bond acceptors (Lipinski definition) is 20. The van der Waals surface area contributed by atoms with Gasteiger partial charge in [-0.3, -0.25) is 5.10 Å². The Morgan fingerprint density at radius 2 is 0.935 bits per heavy atom. The van der Waals surface area contributed by atoms with Crippen molar-refractivity contribution in [2.75, 3.05) is 34.9 Å². The highest BCUT2D eigenvalue weighted by Gasteiger charge is 2.20. The third-order valence-corrected chi connectivity index (χ3v) is 11.8. The number of aromatic nitrogens is 14. The molecule has 0 atom stereocenters. The number of ether oxygens (including phenoxy) is 2. The van der Waals surface area contributed by atoms with Crippen molar-refractivity contribution in [1.29, 1.82) is 0 Å². The number of aliphatic hydroxyl groups is 1. The molecule has 7 heterocycles. The molecular formula is C62H61Cl3F4N18O5. The van der Waals surface area contributed by atoms with Crippen LogP contribution in [0.1, 0.15) is 77.1 Å². The van der Waals surface area contributed by atoms with Crippen LogP contribution in [0.2, 0.25) is 15.7 Å². The number of nitrogens with one attached hydrogen (secondary N) is 4. The van der Waals surface area contributed by atoms with Crippen LogP contribution in [0, 0.1) is 51.0 Å². The molecule has 0 saturated carbocycles. The van der Waals surface area contributed by atoms with Crippen molar-refractivity contribution < 1.29 is 41.7 Å². The first-order valence-electron chi connectivity index (χ1n) is 27.5. The average molecular weight is 1320 g/mol. The van der Waals surface area contributed by atoms with Crippen LogP contribution in [0.15, 0.2) is 158 Å². The predicted octanol–water partition coefficient (Wildman–Crippen LogP) is 13.5. The van der Waals surface area contributed by atoms with E-state index in [4.69, 9.17) is 45.3 Å². The van der Waals surface area contributed by atoms with Gasteiger partial charge in [0.25, 0.3) is 11.9 Å².